The Hall–Kier alpha value is -1.56. The zero-order valence-electron chi connectivity index (χ0n) is 14.7. The van der Waals surface area contributed by atoms with Crippen LogP contribution in [0.5, 0.6) is 0 Å². The zero-order valence-corrected chi connectivity index (χ0v) is 14.7. The molecule has 2 unspecified atom stereocenters. The van der Waals surface area contributed by atoms with E-state index in [9.17, 15) is 0 Å². The second-order valence-electron chi connectivity index (χ2n) is 8.22. The molecule has 1 aromatic rings. The lowest BCUT2D eigenvalue weighted by molar-refractivity contribution is 0.136. The Morgan fingerprint density at radius 2 is 2.13 bits per heavy atom. The molecular formula is C17H29N5O. The standard InChI is InChI=1S/C17H29N5O/c1-16(2)7-12-8-17(3,9-16)10-22(12)15-13(18)14(20-11-21-15)19-5-6-23-4/h11-12H,5-10,18H2,1-4H3,(H,19,20,21). The molecule has 3 rings (SSSR count). The summed E-state index contributed by atoms with van der Waals surface area (Å²) in [5, 5.41) is 3.24. The lowest BCUT2D eigenvalue weighted by atomic mass is 9.65. The average Bonchev–Trinajstić information content (AvgIpc) is 2.70. The number of anilines is 3. The highest BCUT2D eigenvalue weighted by molar-refractivity contribution is 5.75. The number of hydrogen-bond donors (Lipinski definition) is 2. The minimum absolute atomic E-state index is 0.355. The molecule has 128 valence electrons. The number of nitrogens with one attached hydrogen (secondary N) is 1. The fourth-order valence-electron chi connectivity index (χ4n) is 4.74. The van der Waals surface area contributed by atoms with Gasteiger partial charge < -0.3 is 20.7 Å². The van der Waals surface area contributed by atoms with Crippen molar-refractivity contribution in [2.24, 2.45) is 10.8 Å². The van der Waals surface area contributed by atoms with Crippen molar-refractivity contribution in [3.8, 4) is 0 Å². The van der Waals surface area contributed by atoms with Gasteiger partial charge in [-0.15, -0.1) is 0 Å². The summed E-state index contributed by atoms with van der Waals surface area (Å²) in [5.74, 6) is 1.59. The van der Waals surface area contributed by atoms with Crippen LogP contribution in [0.3, 0.4) is 0 Å². The summed E-state index contributed by atoms with van der Waals surface area (Å²) in [4.78, 5) is 11.2. The molecule has 6 heteroatoms. The molecule has 0 spiro atoms. The number of hydrogen-bond acceptors (Lipinski definition) is 6. The normalized spacial score (nSPS) is 28.9. The first-order chi connectivity index (χ1) is 10.8. The third-order valence-electron chi connectivity index (χ3n) is 5.15. The molecule has 0 radical (unpaired) electrons. The van der Waals surface area contributed by atoms with E-state index in [-0.39, 0.29) is 0 Å². The summed E-state index contributed by atoms with van der Waals surface area (Å²) < 4.78 is 5.07. The minimum Gasteiger partial charge on any atom is -0.393 e. The number of rotatable bonds is 5. The van der Waals surface area contributed by atoms with E-state index in [1.54, 1.807) is 13.4 Å². The Morgan fingerprint density at radius 3 is 2.87 bits per heavy atom. The van der Waals surface area contributed by atoms with Crippen molar-refractivity contribution >= 4 is 17.3 Å². The number of fused-ring (bicyclic) bond motifs is 2. The number of aromatic nitrogens is 2. The summed E-state index contributed by atoms with van der Waals surface area (Å²) >= 11 is 0. The summed E-state index contributed by atoms with van der Waals surface area (Å²) in [5.41, 5.74) is 7.76. The molecule has 1 aromatic heterocycles. The van der Waals surface area contributed by atoms with Gasteiger partial charge in [0.15, 0.2) is 11.6 Å². The molecule has 6 nitrogen and oxygen atoms in total. The van der Waals surface area contributed by atoms with Crippen LogP contribution in [0.1, 0.15) is 40.0 Å². The Bertz CT molecular complexity index is 576. The van der Waals surface area contributed by atoms with Crippen LogP contribution in [-0.2, 0) is 4.74 Å². The second-order valence-corrected chi connectivity index (χ2v) is 8.22. The van der Waals surface area contributed by atoms with Gasteiger partial charge >= 0.3 is 0 Å². The van der Waals surface area contributed by atoms with E-state index in [1.807, 2.05) is 0 Å². The Morgan fingerprint density at radius 1 is 1.35 bits per heavy atom. The summed E-state index contributed by atoms with van der Waals surface area (Å²) in [7, 11) is 1.68. The molecule has 0 amide bonds. The van der Waals surface area contributed by atoms with E-state index in [0.29, 0.717) is 41.5 Å². The van der Waals surface area contributed by atoms with Gasteiger partial charge in [0.1, 0.15) is 12.0 Å². The Balaban J connectivity index is 1.84. The van der Waals surface area contributed by atoms with E-state index in [1.165, 1.54) is 19.3 Å². The molecule has 1 aliphatic carbocycles. The van der Waals surface area contributed by atoms with Crippen molar-refractivity contribution in [3.05, 3.63) is 6.33 Å². The predicted molar refractivity (Wildman–Crippen MR) is 93.7 cm³/mol. The van der Waals surface area contributed by atoms with Crippen LogP contribution in [0.25, 0.3) is 0 Å². The van der Waals surface area contributed by atoms with E-state index in [0.717, 1.165) is 12.4 Å². The van der Waals surface area contributed by atoms with Gasteiger partial charge in [0, 0.05) is 26.2 Å². The maximum atomic E-state index is 6.37. The van der Waals surface area contributed by atoms with Gasteiger partial charge in [-0.25, -0.2) is 9.97 Å². The minimum atomic E-state index is 0.355. The molecule has 2 bridgehead atoms. The molecule has 23 heavy (non-hydrogen) atoms. The Labute approximate surface area is 138 Å². The molecule has 2 fully saturated rings. The second kappa shape index (κ2) is 5.82. The highest BCUT2D eigenvalue weighted by Crippen LogP contribution is 2.53. The SMILES string of the molecule is COCCNc1ncnc(N2CC3(C)CC2CC(C)(C)C3)c1N. The fraction of sp³-hybridized carbons (Fsp3) is 0.765. The smallest absolute Gasteiger partial charge is 0.157 e. The van der Waals surface area contributed by atoms with Gasteiger partial charge in [0.2, 0.25) is 0 Å². The lowest BCUT2D eigenvalue weighted by Crippen LogP contribution is -2.35. The van der Waals surface area contributed by atoms with E-state index in [4.69, 9.17) is 10.5 Å². The Kier molecular flexibility index (Phi) is 4.12. The van der Waals surface area contributed by atoms with Crippen LogP contribution in [0.2, 0.25) is 0 Å². The number of nitrogens with two attached hydrogens (primary N) is 1. The summed E-state index contributed by atoms with van der Waals surface area (Å²) in [6, 6.07) is 0.521. The third-order valence-corrected chi connectivity index (χ3v) is 5.15. The van der Waals surface area contributed by atoms with Crippen LogP contribution in [-0.4, -0.2) is 42.8 Å². The van der Waals surface area contributed by atoms with Gasteiger partial charge in [-0.3, -0.25) is 0 Å². The van der Waals surface area contributed by atoms with Gasteiger partial charge in [0.05, 0.1) is 6.61 Å². The van der Waals surface area contributed by atoms with E-state index < -0.39 is 0 Å². The van der Waals surface area contributed by atoms with Gasteiger partial charge in [-0.05, 0) is 30.1 Å². The lowest BCUT2D eigenvalue weighted by Gasteiger charge is -2.39. The van der Waals surface area contributed by atoms with Gasteiger partial charge in [-0.1, -0.05) is 20.8 Å². The number of nitrogen functional groups attached to an aromatic ring is 1. The average molecular weight is 319 g/mol. The third kappa shape index (κ3) is 3.22. The summed E-state index contributed by atoms with van der Waals surface area (Å²) in [6.07, 6.45) is 5.29. The van der Waals surface area contributed by atoms with Gasteiger partial charge in [-0.2, -0.15) is 0 Å². The predicted octanol–water partition coefficient (Wildman–Crippen LogP) is 2.52. The first kappa shape index (κ1) is 16.3. The number of methoxy groups -OCH3 is 1. The molecule has 1 saturated heterocycles. The van der Waals surface area contributed by atoms with E-state index in [2.05, 4.69) is 41.0 Å². The van der Waals surface area contributed by atoms with Crippen LogP contribution >= 0.6 is 0 Å². The summed E-state index contributed by atoms with van der Waals surface area (Å²) in [6.45, 7) is 9.49. The zero-order chi connectivity index (χ0) is 16.7. The highest BCUT2D eigenvalue weighted by Gasteiger charge is 2.50. The molecular weight excluding hydrogens is 290 g/mol. The topological polar surface area (TPSA) is 76.3 Å². The van der Waals surface area contributed by atoms with Crippen LogP contribution < -0.4 is 16.0 Å². The molecule has 3 N–H and O–H groups in total. The fourth-order valence-corrected chi connectivity index (χ4v) is 4.74. The molecule has 2 aliphatic rings. The molecule has 1 aliphatic heterocycles. The van der Waals surface area contributed by atoms with Crippen LogP contribution in [0.4, 0.5) is 17.3 Å². The van der Waals surface area contributed by atoms with Crippen molar-refractivity contribution in [2.45, 2.75) is 46.1 Å². The van der Waals surface area contributed by atoms with Crippen LogP contribution in [0.15, 0.2) is 6.33 Å². The number of ether oxygens (including phenoxy) is 1. The first-order valence-corrected chi connectivity index (χ1v) is 8.44. The van der Waals surface area contributed by atoms with Crippen LogP contribution in [0, 0.1) is 10.8 Å². The molecule has 1 saturated carbocycles. The molecule has 2 heterocycles. The van der Waals surface area contributed by atoms with Crippen molar-refractivity contribution in [3.63, 3.8) is 0 Å². The first-order valence-electron chi connectivity index (χ1n) is 8.44. The largest absolute Gasteiger partial charge is 0.393 e. The maximum Gasteiger partial charge on any atom is 0.157 e. The maximum absolute atomic E-state index is 6.37. The quantitative estimate of drug-likeness (QED) is 0.812. The number of nitrogens with zero attached hydrogens (tertiary/aromatic N) is 3. The van der Waals surface area contributed by atoms with Crippen molar-refractivity contribution in [1.82, 2.24) is 9.97 Å². The monoisotopic (exact) mass is 319 g/mol. The van der Waals surface area contributed by atoms with Crippen molar-refractivity contribution < 1.29 is 4.74 Å². The van der Waals surface area contributed by atoms with E-state index >= 15 is 0 Å². The molecule has 2 atom stereocenters. The van der Waals surface area contributed by atoms with Crippen molar-refractivity contribution in [1.29, 1.82) is 0 Å². The molecule has 0 aromatic carbocycles. The van der Waals surface area contributed by atoms with Crippen molar-refractivity contribution in [2.75, 3.05) is 42.8 Å². The van der Waals surface area contributed by atoms with Gasteiger partial charge in [0.25, 0.3) is 0 Å². The highest BCUT2D eigenvalue weighted by atomic mass is 16.5.